The third-order valence-electron chi connectivity index (χ3n) is 5.54. The first-order valence-corrected chi connectivity index (χ1v) is 10.2. The van der Waals surface area contributed by atoms with Crippen molar-refractivity contribution < 1.29 is 42.1 Å². The zero-order valence-corrected chi connectivity index (χ0v) is 18.2. The summed E-state index contributed by atoms with van der Waals surface area (Å²) < 4.78 is 58.5. The van der Waals surface area contributed by atoms with Crippen LogP contribution in [0.2, 0.25) is 0 Å². The van der Waals surface area contributed by atoms with E-state index in [-0.39, 0.29) is 34.4 Å². The Kier molecular flexibility index (Phi) is 6.72. The summed E-state index contributed by atoms with van der Waals surface area (Å²) in [4.78, 5) is 24.6. The van der Waals surface area contributed by atoms with Gasteiger partial charge in [0.1, 0.15) is 29.5 Å². The molecule has 1 unspecified atom stereocenters. The van der Waals surface area contributed by atoms with Gasteiger partial charge in [-0.25, -0.2) is 9.18 Å². The van der Waals surface area contributed by atoms with Crippen molar-refractivity contribution in [3.05, 3.63) is 71.0 Å². The molecule has 3 aromatic carbocycles. The minimum Gasteiger partial charge on any atom is -0.507 e. The van der Waals surface area contributed by atoms with Crippen LogP contribution in [0.5, 0.6) is 11.5 Å². The van der Waals surface area contributed by atoms with E-state index in [0.717, 1.165) is 12.1 Å². The normalized spacial score (nSPS) is 13.4. The molecule has 0 spiro atoms. The molecule has 1 atom stereocenters. The van der Waals surface area contributed by atoms with Crippen LogP contribution in [0.3, 0.4) is 0 Å². The summed E-state index contributed by atoms with van der Waals surface area (Å²) in [5.74, 6) is -3.65. The van der Waals surface area contributed by atoms with Crippen LogP contribution in [-0.2, 0) is 17.6 Å². The van der Waals surface area contributed by atoms with Crippen LogP contribution in [0.15, 0.2) is 48.5 Å². The molecule has 0 saturated heterocycles. The zero-order chi connectivity index (χ0) is 25.3. The highest BCUT2D eigenvalue weighted by Gasteiger charge is 2.34. The first-order valence-electron chi connectivity index (χ1n) is 10.2. The molecule has 0 aliphatic heterocycles. The van der Waals surface area contributed by atoms with Gasteiger partial charge in [-0.3, -0.25) is 4.79 Å². The lowest BCUT2D eigenvalue weighted by Crippen LogP contribution is -2.51. The number of rotatable bonds is 7. The summed E-state index contributed by atoms with van der Waals surface area (Å²) in [7, 11) is 0. The number of aliphatic carboxylic acids is 1. The van der Waals surface area contributed by atoms with Gasteiger partial charge in [-0.2, -0.15) is 13.2 Å². The van der Waals surface area contributed by atoms with Gasteiger partial charge in [0, 0.05) is 16.3 Å². The van der Waals surface area contributed by atoms with E-state index in [1.165, 1.54) is 13.0 Å². The highest BCUT2D eigenvalue weighted by atomic mass is 19.4. The van der Waals surface area contributed by atoms with Crippen LogP contribution in [-0.4, -0.2) is 27.6 Å². The predicted molar refractivity (Wildman–Crippen MR) is 115 cm³/mol. The Morgan fingerprint density at radius 2 is 1.71 bits per heavy atom. The van der Waals surface area contributed by atoms with E-state index in [9.17, 15) is 37.4 Å². The number of ether oxygens (including phenoxy) is 1. The summed E-state index contributed by atoms with van der Waals surface area (Å²) in [5, 5.41) is 22.8. The Balaban J connectivity index is 2.03. The zero-order valence-electron chi connectivity index (χ0n) is 18.2. The van der Waals surface area contributed by atoms with Gasteiger partial charge in [0.15, 0.2) is 0 Å². The summed E-state index contributed by atoms with van der Waals surface area (Å²) in [5.41, 5.74) is -3.18. The van der Waals surface area contributed by atoms with Crippen molar-refractivity contribution in [1.82, 2.24) is 5.32 Å². The van der Waals surface area contributed by atoms with Gasteiger partial charge in [0.25, 0.3) is 5.91 Å². The van der Waals surface area contributed by atoms with Crippen LogP contribution in [0.1, 0.15) is 41.8 Å². The molecule has 0 fully saturated rings. The fraction of sp³-hybridized carbons (Fsp3) is 0.250. The molecule has 1 amide bonds. The largest absolute Gasteiger partial charge is 0.507 e. The van der Waals surface area contributed by atoms with E-state index in [4.69, 9.17) is 4.74 Å². The van der Waals surface area contributed by atoms with Crippen LogP contribution in [0.4, 0.5) is 17.6 Å². The van der Waals surface area contributed by atoms with Crippen LogP contribution in [0.25, 0.3) is 10.8 Å². The Hall–Kier alpha value is -3.82. The van der Waals surface area contributed by atoms with Crippen LogP contribution >= 0.6 is 0 Å². The fourth-order valence-corrected chi connectivity index (χ4v) is 3.26. The summed E-state index contributed by atoms with van der Waals surface area (Å²) in [6, 6.07) is 9.38. The second-order valence-corrected chi connectivity index (χ2v) is 7.86. The number of nitrogens with one attached hydrogen (secondary N) is 1. The molecule has 180 valence electrons. The Morgan fingerprint density at radius 3 is 2.26 bits per heavy atom. The number of fused-ring (bicyclic) bond motifs is 1. The SMILES string of the molecule is CCC(C)(NC(=O)c1cc(O)c2ccccc2c1OCc1ccc(C(F)(F)F)cc1F)C(=O)O. The molecule has 0 aromatic heterocycles. The fourth-order valence-electron chi connectivity index (χ4n) is 3.26. The number of amides is 1. The third kappa shape index (κ3) is 4.90. The van der Waals surface area contributed by atoms with Gasteiger partial charge in [0.2, 0.25) is 0 Å². The Labute approximate surface area is 191 Å². The quantitative estimate of drug-likeness (QED) is 0.402. The molecule has 0 aliphatic rings. The number of carbonyl (C=O) groups is 2. The second kappa shape index (κ2) is 9.20. The average Bonchev–Trinajstić information content (AvgIpc) is 2.78. The standard InChI is InChI=1S/C24H21F4NO5/c1-3-23(2,22(32)33)29-21(31)17-11-19(30)15-6-4-5-7-16(15)20(17)34-12-13-8-9-14(10-18(13)25)24(26,27)28/h4-11,30H,3,12H2,1-2H3,(H,29,31)(H,32,33). The monoisotopic (exact) mass is 479 g/mol. The lowest BCUT2D eigenvalue weighted by Gasteiger charge is -2.25. The predicted octanol–water partition coefficient (Wildman–Crippen LogP) is 5.27. The maximum absolute atomic E-state index is 14.3. The minimum absolute atomic E-state index is 0.0561. The number of halogens is 4. The van der Waals surface area contributed by atoms with E-state index in [1.807, 2.05) is 0 Å². The van der Waals surface area contributed by atoms with Crippen molar-refractivity contribution in [2.45, 2.75) is 38.6 Å². The van der Waals surface area contributed by atoms with E-state index in [1.54, 1.807) is 25.1 Å². The molecule has 0 bridgehead atoms. The molecule has 10 heteroatoms. The average molecular weight is 479 g/mol. The van der Waals surface area contributed by atoms with Crippen LogP contribution in [0, 0.1) is 5.82 Å². The maximum atomic E-state index is 14.3. The summed E-state index contributed by atoms with van der Waals surface area (Å²) in [6.45, 7) is 2.35. The highest BCUT2D eigenvalue weighted by molar-refractivity contribution is 6.07. The smallest absolute Gasteiger partial charge is 0.416 e. The Bertz CT molecular complexity index is 1260. The highest BCUT2D eigenvalue weighted by Crippen LogP contribution is 2.37. The molecule has 0 radical (unpaired) electrons. The number of hydrogen-bond donors (Lipinski definition) is 3. The molecule has 3 N–H and O–H groups in total. The van der Waals surface area contributed by atoms with Gasteiger partial charge in [0.05, 0.1) is 11.1 Å². The number of alkyl halides is 3. The van der Waals surface area contributed by atoms with Gasteiger partial charge in [-0.1, -0.05) is 37.3 Å². The molecule has 3 aromatic rings. The number of carbonyl (C=O) groups excluding carboxylic acids is 1. The van der Waals surface area contributed by atoms with E-state index < -0.39 is 41.6 Å². The minimum atomic E-state index is -4.71. The number of phenols is 1. The van der Waals surface area contributed by atoms with Gasteiger partial charge in [-0.15, -0.1) is 0 Å². The number of phenolic OH excluding ortho intramolecular Hbond substituents is 1. The first kappa shape index (κ1) is 24.8. The lowest BCUT2D eigenvalue weighted by molar-refractivity contribution is -0.144. The van der Waals surface area contributed by atoms with Crippen molar-refractivity contribution in [3.8, 4) is 11.5 Å². The summed E-state index contributed by atoms with van der Waals surface area (Å²) in [6.07, 6.45) is -4.66. The van der Waals surface area contributed by atoms with Crippen molar-refractivity contribution in [2.24, 2.45) is 0 Å². The maximum Gasteiger partial charge on any atom is 0.416 e. The molecule has 0 heterocycles. The van der Waals surface area contributed by atoms with E-state index in [2.05, 4.69) is 5.32 Å². The molecule has 0 aliphatic carbocycles. The first-order chi connectivity index (χ1) is 15.9. The van der Waals surface area contributed by atoms with Gasteiger partial charge in [-0.05, 0) is 31.5 Å². The third-order valence-corrected chi connectivity index (χ3v) is 5.54. The number of carboxylic acids is 1. The molecular formula is C24H21F4NO5. The van der Waals surface area contributed by atoms with E-state index >= 15 is 0 Å². The van der Waals surface area contributed by atoms with Crippen LogP contribution < -0.4 is 10.1 Å². The van der Waals surface area contributed by atoms with Gasteiger partial charge < -0.3 is 20.3 Å². The van der Waals surface area contributed by atoms with Crippen molar-refractivity contribution >= 4 is 22.6 Å². The number of benzene rings is 3. The van der Waals surface area contributed by atoms with Gasteiger partial charge >= 0.3 is 12.1 Å². The Morgan fingerprint density at radius 1 is 1.06 bits per heavy atom. The number of carboxylic acid groups (broad SMARTS) is 1. The molecular weight excluding hydrogens is 458 g/mol. The van der Waals surface area contributed by atoms with E-state index in [0.29, 0.717) is 17.5 Å². The second-order valence-electron chi connectivity index (χ2n) is 7.86. The molecule has 3 rings (SSSR count). The lowest BCUT2D eigenvalue weighted by atomic mass is 9.97. The molecule has 0 saturated carbocycles. The summed E-state index contributed by atoms with van der Waals surface area (Å²) >= 11 is 0. The number of hydrogen-bond acceptors (Lipinski definition) is 4. The van der Waals surface area contributed by atoms with Crippen molar-refractivity contribution in [1.29, 1.82) is 0 Å². The topological polar surface area (TPSA) is 95.9 Å². The molecule has 34 heavy (non-hydrogen) atoms. The van der Waals surface area contributed by atoms with Crippen molar-refractivity contribution in [2.75, 3.05) is 0 Å². The number of aromatic hydroxyl groups is 1. The molecule has 6 nitrogen and oxygen atoms in total. The van der Waals surface area contributed by atoms with Crippen molar-refractivity contribution in [3.63, 3.8) is 0 Å².